The first-order valence-electron chi connectivity index (χ1n) is 17.5. The molecule has 0 aromatic heterocycles. The van der Waals surface area contributed by atoms with Crippen molar-refractivity contribution in [2.75, 3.05) is 7.11 Å². The minimum atomic E-state index is -1.29. The summed E-state index contributed by atoms with van der Waals surface area (Å²) in [5.41, 5.74) is 1.53. The van der Waals surface area contributed by atoms with Crippen LogP contribution in [0.3, 0.4) is 0 Å². The van der Waals surface area contributed by atoms with Gasteiger partial charge in [0.15, 0.2) is 6.29 Å². The van der Waals surface area contributed by atoms with Crippen LogP contribution in [-0.4, -0.2) is 65.2 Å². The summed E-state index contributed by atoms with van der Waals surface area (Å²) in [7, 11) is 1.57. The molecule has 4 saturated carbocycles. The first-order valence-corrected chi connectivity index (χ1v) is 17.5. The van der Waals surface area contributed by atoms with Crippen molar-refractivity contribution in [2.45, 2.75) is 156 Å². The molecule has 1 heterocycles. The van der Waals surface area contributed by atoms with Crippen LogP contribution in [0.5, 0.6) is 0 Å². The minimum Gasteiger partial charge on any atom is -0.469 e. The predicted molar refractivity (Wildman–Crippen MR) is 168 cm³/mol. The van der Waals surface area contributed by atoms with Crippen molar-refractivity contribution in [1.29, 1.82) is 0 Å². The number of aliphatic hydroxyl groups is 3. The van der Waals surface area contributed by atoms with Gasteiger partial charge in [-0.3, -0.25) is 4.79 Å². The van der Waals surface area contributed by atoms with Gasteiger partial charge in [0.2, 0.25) is 0 Å². The normalized spacial score (nSPS) is 52.8. The number of esters is 1. The van der Waals surface area contributed by atoms with Crippen LogP contribution in [-0.2, 0) is 19.0 Å². The number of allylic oxidation sites excluding steroid dienone is 2. The number of ether oxygens (including phenoxy) is 3. The zero-order valence-corrected chi connectivity index (χ0v) is 28.8. The van der Waals surface area contributed by atoms with Gasteiger partial charge in [-0.1, -0.05) is 60.1 Å². The molecule has 0 amide bonds. The second-order valence-electron chi connectivity index (χ2n) is 18.0. The molecule has 5 fully saturated rings. The van der Waals surface area contributed by atoms with Crippen LogP contribution in [0.15, 0.2) is 11.6 Å². The van der Waals surface area contributed by atoms with E-state index in [0.717, 1.165) is 64.2 Å². The Balaban J connectivity index is 1.30. The van der Waals surface area contributed by atoms with Crippen molar-refractivity contribution in [1.82, 2.24) is 0 Å². The van der Waals surface area contributed by atoms with E-state index in [9.17, 15) is 20.1 Å². The molecule has 0 aromatic rings. The summed E-state index contributed by atoms with van der Waals surface area (Å²) in [5, 5.41) is 31.3. The van der Waals surface area contributed by atoms with E-state index >= 15 is 0 Å². The number of carbonyl (C=O) groups excluding carboxylic acids is 1. The number of carbonyl (C=O) groups is 1. The molecule has 7 heteroatoms. The smallest absolute Gasteiger partial charge is 0.312 e. The third-order valence-corrected chi connectivity index (χ3v) is 15.3. The van der Waals surface area contributed by atoms with E-state index in [1.54, 1.807) is 19.6 Å². The predicted octanol–water partition coefficient (Wildman–Crippen LogP) is 6.17. The Kier molecular flexibility index (Phi) is 7.86. The molecule has 1 saturated heterocycles. The third kappa shape index (κ3) is 4.41. The fourth-order valence-corrected chi connectivity index (χ4v) is 12.3. The van der Waals surface area contributed by atoms with E-state index in [1.807, 2.05) is 0 Å². The van der Waals surface area contributed by atoms with E-state index < -0.39 is 30.7 Å². The number of fused-ring (bicyclic) bond motifs is 7. The van der Waals surface area contributed by atoms with Crippen molar-refractivity contribution in [2.24, 2.45) is 50.2 Å². The van der Waals surface area contributed by atoms with Gasteiger partial charge in [-0.05, 0) is 116 Å². The standard InChI is InChI=1S/C37H60O7/c1-21-27(38)28(39)29(40)30(43-21)44-26-13-14-34(6)24(33(26,4)5)12-15-36(8)25(34)11-10-22-23-20-32(2,3)16-18-37(23,31(41)42-9)19-17-35(22,36)7/h10,21,23-30,38-40H,11-20H2,1-9H3/t21-,23+,24+,25-,26+,27+,28+,29-,30+,34+,35-,36-,37+/m1/s1. The van der Waals surface area contributed by atoms with Crippen molar-refractivity contribution in [3.63, 3.8) is 0 Å². The van der Waals surface area contributed by atoms with Crippen molar-refractivity contribution in [3.8, 4) is 0 Å². The van der Waals surface area contributed by atoms with E-state index in [0.29, 0.717) is 11.8 Å². The Morgan fingerprint density at radius 2 is 1.55 bits per heavy atom. The average molecular weight is 617 g/mol. The lowest BCUT2D eigenvalue weighted by Crippen LogP contribution is -2.66. The van der Waals surface area contributed by atoms with E-state index in [2.05, 4.69) is 54.5 Å². The van der Waals surface area contributed by atoms with Crippen LogP contribution in [0.2, 0.25) is 0 Å². The zero-order chi connectivity index (χ0) is 32.3. The Hall–Kier alpha value is -0.990. The van der Waals surface area contributed by atoms with Gasteiger partial charge < -0.3 is 29.5 Å². The highest BCUT2D eigenvalue weighted by Gasteiger charge is 2.69. The molecular formula is C37H60O7. The lowest BCUT2D eigenvalue weighted by Gasteiger charge is -2.71. The maximum absolute atomic E-state index is 13.5. The monoisotopic (exact) mass is 616 g/mol. The number of aliphatic hydroxyl groups excluding tert-OH is 3. The summed E-state index contributed by atoms with van der Waals surface area (Å²) in [6, 6.07) is 0. The van der Waals surface area contributed by atoms with Gasteiger partial charge in [-0.25, -0.2) is 0 Å². The highest BCUT2D eigenvalue weighted by Crippen LogP contribution is 2.76. The molecule has 6 aliphatic rings. The molecule has 0 spiro atoms. The molecule has 6 rings (SSSR count). The second kappa shape index (κ2) is 10.5. The lowest BCUT2D eigenvalue weighted by molar-refractivity contribution is -0.324. The van der Waals surface area contributed by atoms with Gasteiger partial charge in [0, 0.05) is 0 Å². The number of hydrogen-bond donors (Lipinski definition) is 3. The van der Waals surface area contributed by atoms with Crippen LogP contribution in [0.25, 0.3) is 0 Å². The maximum Gasteiger partial charge on any atom is 0.312 e. The number of rotatable bonds is 3. The Morgan fingerprint density at radius 1 is 0.864 bits per heavy atom. The topological polar surface area (TPSA) is 105 Å². The third-order valence-electron chi connectivity index (χ3n) is 15.3. The molecule has 7 nitrogen and oxygen atoms in total. The Bertz CT molecular complexity index is 1180. The highest BCUT2D eigenvalue weighted by atomic mass is 16.7. The fraction of sp³-hybridized carbons (Fsp3) is 0.919. The molecule has 13 atom stereocenters. The number of hydrogen-bond acceptors (Lipinski definition) is 7. The van der Waals surface area contributed by atoms with Gasteiger partial charge in [0.1, 0.15) is 18.3 Å². The molecular weight excluding hydrogens is 556 g/mol. The van der Waals surface area contributed by atoms with E-state index in [1.165, 1.54) is 0 Å². The molecule has 1 aliphatic heterocycles. The molecule has 3 N–H and O–H groups in total. The lowest BCUT2D eigenvalue weighted by atomic mass is 9.33. The van der Waals surface area contributed by atoms with E-state index in [4.69, 9.17) is 14.2 Å². The minimum absolute atomic E-state index is 0.00690. The van der Waals surface area contributed by atoms with Crippen LogP contribution in [0.1, 0.15) is 120 Å². The van der Waals surface area contributed by atoms with Crippen LogP contribution in [0, 0.1) is 50.2 Å². The van der Waals surface area contributed by atoms with Gasteiger partial charge >= 0.3 is 5.97 Å². The Morgan fingerprint density at radius 3 is 2.23 bits per heavy atom. The summed E-state index contributed by atoms with van der Waals surface area (Å²) < 4.78 is 17.9. The fourth-order valence-electron chi connectivity index (χ4n) is 12.3. The van der Waals surface area contributed by atoms with Crippen LogP contribution >= 0.6 is 0 Å². The van der Waals surface area contributed by atoms with Crippen molar-refractivity contribution >= 4 is 5.97 Å². The van der Waals surface area contributed by atoms with Crippen LogP contribution in [0.4, 0.5) is 0 Å². The molecule has 0 bridgehead atoms. The van der Waals surface area contributed by atoms with Gasteiger partial charge in [-0.2, -0.15) is 0 Å². The van der Waals surface area contributed by atoms with Crippen molar-refractivity contribution < 1.29 is 34.3 Å². The van der Waals surface area contributed by atoms with Crippen LogP contribution < -0.4 is 0 Å². The summed E-state index contributed by atoms with van der Waals surface area (Å²) in [5.74, 6) is 1.22. The highest BCUT2D eigenvalue weighted by molar-refractivity contribution is 5.78. The quantitative estimate of drug-likeness (QED) is 0.198. The molecule has 44 heavy (non-hydrogen) atoms. The molecule has 0 aromatic carbocycles. The summed E-state index contributed by atoms with van der Waals surface area (Å²) in [4.78, 5) is 13.5. The molecule has 0 unspecified atom stereocenters. The zero-order valence-electron chi connectivity index (χ0n) is 28.8. The van der Waals surface area contributed by atoms with Gasteiger partial charge in [-0.15, -0.1) is 0 Å². The first kappa shape index (κ1) is 32.9. The molecule has 5 aliphatic carbocycles. The summed E-state index contributed by atoms with van der Waals surface area (Å²) in [6.07, 6.45) is 7.42. The first-order chi connectivity index (χ1) is 20.4. The summed E-state index contributed by atoms with van der Waals surface area (Å²) in [6.45, 7) is 18.8. The maximum atomic E-state index is 13.5. The average Bonchev–Trinajstić information content (AvgIpc) is 2.95. The second-order valence-corrected chi connectivity index (χ2v) is 18.0. The SMILES string of the molecule is COC(=O)[C@]12CCC(C)(C)C[C@H]1C1=CC[C@@H]3[C@@]4(C)CC[C@H](O[C@@H]5O[C@H](C)[C@H](O)[C@H](O)[C@H]5O)C(C)(C)[C@@H]4CC[C@@]3(C)[C@]1(C)CC2. The largest absolute Gasteiger partial charge is 0.469 e. The Labute approximate surface area is 265 Å². The van der Waals surface area contributed by atoms with Crippen molar-refractivity contribution in [3.05, 3.63) is 11.6 Å². The molecule has 0 radical (unpaired) electrons. The van der Waals surface area contributed by atoms with Gasteiger partial charge in [0.25, 0.3) is 0 Å². The van der Waals surface area contributed by atoms with Gasteiger partial charge in [0.05, 0.1) is 24.7 Å². The molecule has 250 valence electrons. The number of methoxy groups -OCH3 is 1. The summed E-state index contributed by atoms with van der Waals surface area (Å²) >= 11 is 0. The van der Waals surface area contributed by atoms with E-state index in [-0.39, 0.29) is 50.5 Å².